The molecule has 0 atom stereocenters. The van der Waals surface area contributed by atoms with Gasteiger partial charge >= 0.3 is 6.18 Å². The molecule has 4 nitrogen and oxygen atoms in total. The number of carbonyl (C=O) groups is 1. The average molecular weight is 392 g/mol. The molecule has 0 aliphatic rings. The molecule has 0 aliphatic heterocycles. The van der Waals surface area contributed by atoms with E-state index in [0.29, 0.717) is 10.6 Å². The maximum atomic E-state index is 13.2. The summed E-state index contributed by atoms with van der Waals surface area (Å²) in [7, 11) is 0. The lowest BCUT2D eigenvalue weighted by molar-refractivity contribution is -0.137. The Morgan fingerprint density at radius 1 is 0.963 bits per heavy atom. The smallest absolute Gasteiger partial charge is 0.383 e. The Morgan fingerprint density at radius 3 is 2.26 bits per heavy atom. The van der Waals surface area contributed by atoms with Gasteiger partial charge in [0.15, 0.2) is 0 Å². The van der Waals surface area contributed by atoms with E-state index in [9.17, 15) is 18.0 Å². The molecule has 0 aliphatic carbocycles. The van der Waals surface area contributed by atoms with Crippen molar-refractivity contribution in [2.75, 3.05) is 11.1 Å². The van der Waals surface area contributed by atoms with Gasteiger partial charge in [-0.15, -0.1) is 0 Å². The van der Waals surface area contributed by atoms with Crippen LogP contribution in [0.15, 0.2) is 60.7 Å². The van der Waals surface area contributed by atoms with Crippen molar-refractivity contribution in [3.63, 3.8) is 0 Å². The number of hydrogen-bond donors (Lipinski definition) is 2. The van der Waals surface area contributed by atoms with Gasteiger partial charge in [0.2, 0.25) is 0 Å². The quantitative estimate of drug-likeness (QED) is 0.640. The van der Waals surface area contributed by atoms with Crippen molar-refractivity contribution in [2.45, 2.75) is 6.18 Å². The predicted molar refractivity (Wildman–Crippen MR) is 98.5 cm³/mol. The van der Waals surface area contributed by atoms with E-state index in [4.69, 9.17) is 17.3 Å². The van der Waals surface area contributed by atoms with Crippen LogP contribution in [0.25, 0.3) is 11.1 Å². The maximum Gasteiger partial charge on any atom is 0.417 e. The topological polar surface area (TPSA) is 68.0 Å². The van der Waals surface area contributed by atoms with Crippen LogP contribution >= 0.6 is 11.6 Å². The standard InChI is InChI=1S/C19H13ClF3N3O/c20-12-7-5-11(6-8-12)18(27)26-16-10-9-14(17(24)25-16)13-3-1-2-4-15(13)19(21,22)23/h1-10H,(H3,24,25,26,27). The van der Waals surface area contributed by atoms with Crippen LogP contribution in [0, 0.1) is 0 Å². The Bertz CT molecular complexity index is 988. The fourth-order valence-electron chi connectivity index (χ4n) is 2.53. The number of rotatable bonds is 3. The first kappa shape index (κ1) is 18.7. The van der Waals surface area contributed by atoms with Crippen molar-refractivity contribution >= 4 is 29.1 Å². The lowest BCUT2D eigenvalue weighted by atomic mass is 10.00. The first-order valence-electron chi connectivity index (χ1n) is 7.76. The maximum absolute atomic E-state index is 13.2. The Labute approximate surface area is 157 Å². The summed E-state index contributed by atoms with van der Waals surface area (Å²) in [6.45, 7) is 0. The average Bonchev–Trinajstić information content (AvgIpc) is 2.61. The van der Waals surface area contributed by atoms with E-state index in [1.165, 1.54) is 42.5 Å². The number of alkyl halides is 3. The van der Waals surface area contributed by atoms with Crippen molar-refractivity contribution in [2.24, 2.45) is 0 Å². The van der Waals surface area contributed by atoms with Crippen LogP contribution in [0.4, 0.5) is 24.8 Å². The highest BCUT2D eigenvalue weighted by molar-refractivity contribution is 6.30. The van der Waals surface area contributed by atoms with Gasteiger partial charge < -0.3 is 11.1 Å². The second kappa shape index (κ2) is 7.28. The van der Waals surface area contributed by atoms with Gasteiger partial charge in [0, 0.05) is 16.1 Å². The highest BCUT2D eigenvalue weighted by Gasteiger charge is 2.33. The molecule has 0 fully saturated rings. The molecule has 0 saturated carbocycles. The molecule has 27 heavy (non-hydrogen) atoms. The third-order valence-corrected chi connectivity index (χ3v) is 4.05. The fourth-order valence-corrected chi connectivity index (χ4v) is 2.65. The monoisotopic (exact) mass is 391 g/mol. The lowest BCUT2D eigenvalue weighted by Gasteiger charge is -2.14. The molecule has 8 heteroatoms. The van der Waals surface area contributed by atoms with Gasteiger partial charge in [-0.1, -0.05) is 29.8 Å². The first-order chi connectivity index (χ1) is 12.8. The molecular formula is C19H13ClF3N3O. The summed E-state index contributed by atoms with van der Waals surface area (Å²) in [5.41, 5.74) is 5.45. The van der Waals surface area contributed by atoms with Gasteiger partial charge in [-0.3, -0.25) is 4.79 Å². The van der Waals surface area contributed by atoms with Crippen molar-refractivity contribution < 1.29 is 18.0 Å². The summed E-state index contributed by atoms with van der Waals surface area (Å²) in [6.07, 6.45) is -4.52. The van der Waals surface area contributed by atoms with Gasteiger partial charge in [-0.25, -0.2) is 4.98 Å². The molecule has 1 heterocycles. The fraction of sp³-hybridized carbons (Fsp3) is 0.0526. The summed E-state index contributed by atoms with van der Waals surface area (Å²) >= 11 is 5.78. The zero-order chi connectivity index (χ0) is 19.6. The van der Waals surface area contributed by atoms with E-state index in [1.807, 2.05) is 0 Å². The minimum Gasteiger partial charge on any atom is -0.383 e. The molecule has 0 unspecified atom stereocenters. The van der Waals surface area contributed by atoms with Crippen LogP contribution in [-0.4, -0.2) is 10.9 Å². The highest BCUT2D eigenvalue weighted by atomic mass is 35.5. The molecule has 3 N–H and O–H groups in total. The molecule has 0 radical (unpaired) electrons. The van der Waals surface area contributed by atoms with Crippen molar-refractivity contribution in [1.82, 2.24) is 4.98 Å². The number of nitrogen functional groups attached to an aromatic ring is 1. The minimum absolute atomic E-state index is 0.0782. The van der Waals surface area contributed by atoms with Crippen molar-refractivity contribution in [3.05, 3.63) is 76.8 Å². The van der Waals surface area contributed by atoms with Gasteiger partial charge in [-0.05, 0) is 48.0 Å². The third-order valence-electron chi connectivity index (χ3n) is 3.80. The molecule has 138 valence electrons. The molecular weight excluding hydrogens is 379 g/mol. The number of amides is 1. The van der Waals surface area contributed by atoms with Crippen molar-refractivity contribution in [1.29, 1.82) is 0 Å². The van der Waals surface area contributed by atoms with E-state index < -0.39 is 17.6 Å². The molecule has 3 aromatic rings. The molecule has 0 saturated heterocycles. The largest absolute Gasteiger partial charge is 0.417 e. The summed E-state index contributed by atoms with van der Waals surface area (Å²) in [4.78, 5) is 16.2. The van der Waals surface area contributed by atoms with Crippen LogP contribution in [0.2, 0.25) is 5.02 Å². The SMILES string of the molecule is Nc1nc(NC(=O)c2ccc(Cl)cc2)ccc1-c1ccccc1C(F)(F)F. The van der Waals surface area contributed by atoms with Crippen LogP contribution in [0.1, 0.15) is 15.9 Å². The van der Waals surface area contributed by atoms with Gasteiger partial charge in [0.05, 0.1) is 5.56 Å². The molecule has 1 aromatic heterocycles. The Morgan fingerprint density at radius 2 is 1.63 bits per heavy atom. The van der Waals surface area contributed by atoms with Crippen LogP contribution < -0.4 is 11.1 Å². The van der Waals surface area contributed by atoms with E-state index in [2.05, 4.69) is 10.3 Å². The van der Waals surface area contributed by atoms with Crippen LogP contribution in [0.3, 0.4) is 0 Å². The minimum atomic E-state index is -4.52. The summed E-state index contributed by atoms with van der Waals surface area (Å²) in [5, 5.41) is 3.03. The number of benzene rings is 2. The van der Waals surface area contributed by atoms with E-state index in [1.54, 1.807) is 12.1 Å². The molecule has 0 bridgehead atoms. The van der Waals surface area contributed by atoms with Gasteiger partial charge in [0.25, 0.3) is 5.91 Å². The van der Waals surface area contributed by atoms with Crippen LogP contribution in [0.5, 0.6) is 0 Å². The van der Waals surface area contributed by atoms with Gasteiger partial charge in [0.1, 0.15) is 11.6 Å². The number of halogens is 4. The van der Waals surface area contributed by atoms with Crippen LogP contribution in [-0.2, 0) is 6.18 Å². The number of hydrogen-bond acceptors (Lipinski definition) is 3. The van der Waals surface area contributed by atoms with Gasteiger partial charge in [-0.2, -0.15) is 13.2 Å². The summed E-state index contributed by atoms with van der Waals surface area (Å²) < 4.78 is 39.6. The zero-order valence-corrected chi connectivity index (χ0v) is 14.5. The number of pyridine rings is 1. The molecule has 1 amide bonds. The molecule has 2 aromatic carbocycles. The Balaban J connectivity index is 1.89. The summed E-state index contributed by atoms with van der Waals surface area (Å²) in [6, 6.07) is 14.1. The molecule has 3 rings (SSSR count). The molecule has 0 spiro atoms. The number of carbonyl (C=O) groups excluding carboxylic acids is 1. The first-order valence-corrected chi connectivity index (χ1v) is 8.13. The highest BCUT2D eigenvalue weighted by Crippen LogP contribution is 2.38. The predicted octanol–water partition coefficient (Wildman–Crippen LogP) is 5.26. The number of aromatic nitrogens is 1. The Hall–Kier alpha value is -3.06. The number of nitrogens with one attached hydrogen (secondary N) is 1. The second-order valence-corrected chi connectivity index (χ2v) is 6.07. The second-order valence-electron chi connectivity index (χ2n) is 5.63. The van der Waals surface area contributed by atoms with E-state index in [-0.39, 0.29) is 22.8 Å². The number of anilines is 2. The van der Waals surface area contributed by atoms with E-state index >= 15 is 0 Å². The number of nitrogens with two attached hydrogens (primary N) is 1. The van der Waals surface area contributed by atoms with E-state index in [0.717, 1.165) is 6.07 Å². The lowest BCUT2D eigenvalue weighted by Crippen LogP contribution is -2.13. The zero-order valence-electron chi connectivity index (χ0n) is 13.7. The number of nitrogens with zero attached hydrogens (tertiary/aromatic N) is 1. The summed E-state index contributed by atoms with van der Waals surface area (Å²) in [5.74, 6) is -0.441. The third kappa shape index (κ3) is 4.20. The Kier molecular flexibility index (Phi) is 5.05. The van der Waals surface area contributed by atoms with Crippen molar-refractivity contribution in [3.8, 4) is 11.1 Å². The normalized spacial score (nSPS) is 11.3.